The van der Waals surface area contributed by atoms with E-state index < -0.39 is 6.11 Å². The molecule has 1 aromatic carbocycles. The van der Waals surface area contributed by atoms with Crippen molar-refractivity contribution in [1.82, 2.24) is 9.78 Å². The maximum absolute atomic E-state index is 13.5. The van der Waals surface area contributed by atoms with Crippen LogP contribution in [-0.2, 0) is 6.42 Å². The number of nitrogens with zero attached hydrogens (tertiary/aromatic N) is 3. The summed E-state index contributed by atoms with van der Waals surface area (Å²) in [5.41, 5.74) is 2.25. The Hall–Kier alpha value is -2.11. The number of hydrogen-bond acceptors (Lipinski definition) is 3. The van der Waals surface area contributed by atoms with Gasteiger partial charge in [-0.3, -0.25) is 0 Å². The van der Waals surface area contributed by atoms with Crippen molar-refractivity contribution in [2.24, 2.45) is 5.92 Å². The number of aryl methyl sites for hydroxylation is 1. The fourth-order valence-corrected chi connectivity index (χ4v) is 3.40. The molecule has 0 saturated heterocycles. The van der Waals surface area contributed by atoms with Crippen molar-refractivity contribution in [1.29, 1.82) is 0 Å². The van der Waals surface area contributed by atoms with Gasteiger partial charge < -0.3 is 9.64 Å². The predicted molar refractivity (Wildman–Crippen MR) is 104 cm³/mol. The van der Waals surface area contributed by atoms with Gasteiger partial charge in [0.15, 0.2) is 5.82 Å². The van der Waals surface area contributed by atoms with Crippen LogP contribution < -0.4 is 9.64 Å². The molecule has 0 aliphatic carbocycles. The van der Waals surface area contributed by atoms with Crippen molar-refractivity contribution >= 4 is 5.82 Å². The van der Waals surface area contributed by atoms with Gasteiger partial charge in [-0.2, -0.15) is 13.9 Å². The zero-order valence-electron chi connectivity index (χ0n) is 16.6. The normalized spacial score (nSPS) is 16.1. The summed E-state index contributed by atoms with van der Waals surface area (Å²) in [4.78, 5) is 2.31. The lowest BCUT2D eigenvalue weighted by Gasteiger charge is -2.23. The Bertz CT molecular complexity index is 788. The van der Waals surface area contributed by atoms with E-state index in [9.17, 15) is 8.78 Å². The second-order valence-corrected chi connectivity index (χ2v) is 7.55. The van der Waals surface area contributed by atoms with E-state index in [4.69, 9.17) is 9.84 Å². The van der Waals surface area contributed by atoms with Crippen molar-refractivity contribution in [3.8, 4) is 11.4 Å². The van der Waals surface area contributed by atoms with Gasteiger partial charge in [0.1, 0.15) is 5.75 Å². The summed E-state index contributed by atoms with van der Waals surface area (Å²) in [6.45, 7) is 10.6. The molecule has 0 saturated carbocycles. The molecule has 2 aromatic rings. The Labute approximate surface area is 160 Å². The molecule has 6 heteroatoms. The fraction of sp³-hybridized carbons (Fsp3) is 0.571. The number of hydrogen-bond donors (Lipinski definition) is 0. The van der Waals surface area contributed by atoms with E-state index in [0.29, 0.717) is 11.5 Å². The van der Waals surface area contributed by atoms with E-state index in [1.54, 1.807) is 16.8 Å². The van der Waals surface area contributed by atoms with E-state index in [1.165, 1.54) is 6.42 Å². The first-order chi connectivity index (χ1) is 12.8. The maximum Gasteiger partial charge on any atom is 0.402 e. The highest BCUT2D eigenvalue weighted by Gasteiger charge is 2.39. The van der Waals surface area contributed by atoms with Crippen molar-refractivity contribution in [2.45, 2.75) is 59.5 Å². The summed E-state index contributed by atoms with van der Waals surface area (Å²) in [5.74, 6) is 1.86. The Kier molecular flexibility index (Phi) is 5.72. The largest absolute Gasteiger partial charge is 0.432 e. The molecule has 2 heterocycles. The van der Waals surface area contributed by atoms with Gasteiger partial charge in [0.05, 0.1) is 12.1 Å². The second kappa shape index (κ2) is 7.87. The molecule has 1 atom stereocenters. The van der Waals surface area contributed by atoms with Crippen LogP contribution in [0.4, 0.5) is 14.6 Å². The average molecular weight is 377 g/mol. The number of alkyl halides is 2. The summed E-state index contributed by atoms with van der Waals surface area (Å²) in [6, 6.07) is 7.26. The van der Waals surface area contributed by atoms with Crippen LogP contribution in [0, 0.1) is 12.8 Å². The number of rotatable bonds is 8. The lowest BCUT2D eigenvalue weighted by molar-refractivity contribution is -0.159. The zero-order valence-corrected chi connectivity index (χ0v) is 16.6. The number of aromatic nitrogens is 2. The molecule has 0 fully saturated rings. The Balaban J connectivity index is 1.83. The number of halogens is 2. The quantitative estimate of drug-likeness (QED) is 0.620. The molecule has 0 spiro atoms. The molecule has 4 nitrogen and oxygen atoms in total. The standard InChI is InChI=1S/C21H29F2N3O/c1-5-10-25(11-9-15(3)6-2)20-12-16(4)26(24-20)18-8-7-17-14-21(22,23)27-19(17)13-18/h7-8,12-13,15H,5-6,9-11,14H2,1-4H3. The molecule has 0 radical (unpaired) electrons. The number of anilines is 1. The third-order valence-electron chi connectivity index (χ3n) is 5.23. The van der Waals surface area contributed by atoms with Crippen LogP contribution in [0.25, 0.3) is 5.69 Å². The summed E-state index contributed by atoms with van der Waals surface area (Å²) >= 11 is 0. The zero-order chi connectivity index (χ0) is 19.6. The molecule has 0 amide bonds. The highest BCUT2D eigenvalue weighted by Crippen LogP contribution is 2.38. The van der Waals surface area contributed by atoms with E-state index in [1.807, 2.05) is 13.0 Å². The van der Waals surface area contributed by atoms with Gasteiger partial charge in [-0.25, -0.2) is 4.68 Å². The van der Waals surface area contributed by atoms with Gasteiger partial charge in [0.2, 0.25) is 0 Å². The summed E-state index contributed by atoms with van der Waals surface area (Å²) in [7, 11) is 0. The minimum atomic E-state index is -3.11. The van der Waals surface area contributed by atoms with Crippen LogP contribution in [0.15, 0.2) is 24.3 Å². The SMILES string of the molecule is CCCN(CCC(C)CC)c1cc(C)n(-c2ccc3c(c2)OC(F)(F)C3)n1. The summed E-state index contributed by atoms with van der Waals surface area (Å²) in [6.07, 6.45) is -0.128. The highest BCUT2D eigenvalue weighted by atomic mass is 19.3. The van der Waals surface area contributed by atoms with Crippen molar-refractivity contribution in [3.05, 3.63) is 35.5 Å². The minimum Gasteiger partial charge on any atom is -0.432 e. The van der Waals surface area contributed by atoms with Crippen LogP contribution in [0.2, 0.25) is 0 Å². The fourth-order valence-electron chi connectivity index (χ4n) is 3.40. The third kappa shape index (κ3) is 4.42. The van der Waals surface area contributed by atoms with Crippen LogP contribution in [0.1, 0.15) is 51.3 Å². The summed E-state index contributed by atoms with van der Waals surface area (Å²) in [5, 5.41) is 4.76. The highest BCUT2D eigenvalue weighted by molar-refractivity contribution is 5.50. The van der Waals surface area contributed by atoms with E-state index >= 15 is 0 Å². The van der Waals surface area contributed by atoms with Gasteiger partial charge in [-0.05, 0) is 31.7 Å². The first kappa shape index (κ1) is 19.6. The van der Waals surface area contributed by atoms with Gasteiger partial charge in [0, 0.05) is 36.5 Å². The Morgan fingerprint density at radius 1 is 1.26 bits per heavy atom. The van der Waals surface area contributed by atoms with Crippen LogP contribution >= 0.6 is 0 Å². The van der Waals surface area contributed by atoms with Crippen LogP contribution in [0.5, 0.6) is 5.75 Å². The van der Waals surface area contributed by atoms with Crippen LogP contribution in [0.3, 0.4) is 0 Å². The topological polar surface area (TPSA) is 30.3 Å². The molecular weight excluding hydrogens is 348 g/mol. The second-order valence-electron chi connectivity index (χ2n) is 7.55. The average Bonchev–Trinajstić information content (AvgIpc) is 3.15. The molecule has 0 N–H and O–H groups in total. The van der Waals surface area contributed by atoms with E-state index in [-0.39, 0.29) is 12.2 Å². The van der Waals surface area contributed by atoms with E-state index in [2.05, 4.69) is 31.7 Å². The molecule has 1 aromatic heterocycles. The molecule has 1 aliphatic heterocycles. The van der Waals surface area contributed by atoms with Crippen molar-refractivity contribution in [2.75, 3.05) is 18.0 Å². The van der Waals surface area contributed by atoms with Gasteiger partial charge in [-0.15, -0.1) is 0 Å². The monoisotopic (exact) mass is 377 g/mol. The molecule has 148 valence electrons. The van der Waals surface area contributed by atoms with Crippen molar-refractivity contribution in [3.63, 3.8) is 0 Å². The lowest BCUT2D eigenvalue weighted by atomic mass is 10.1. The molecule has 27 heavy (non-hydrogen) atoms. The maximum atomic E-state index is 13.5. The first-order valence-corrected chi connectivity index (χ1v) is 9.84. The lowest BCUT2D eigenvalue weighted by Crippen LogP contribution is -2.27. The predicted octanol–water partition coefficient (Wildman–Crippen LogP) is 5.36. The summed E-state index contributed by atoms with van der Waals surface area (Å²) < 4.78 is 33.5. The van der Waals surface area contributed by atoms with Crippen LogP contribution in [-0.4, -0.2) is 29.0 Å². The smallest absolute Gasteiger partial charge is 0.402 e. The molecule has 1 unspecified atom stereocenters. The Morgan fingerprint density at radius 2 is 2.04 bits per heavy atom. The first-order valence-electron chi connectivity index (χ1n) is 9.84. The Morgan fingerprint density at radius 3 is 2.74 bits per heavy atom. The van der Waals surface area contributed by atoms with Gasteiger partial charge >= 0.3 is 6.11 Å². The van der Waals surface area contributed by atoms with Crippen molar-refractivity contribution < 1.29 is 13.5 Å². The molecule has 3 rings (SSSR count). The van der Waals surface area contributed by atoms with Gasteiger partial charge in [-0.1, -0.05) is 33.3 Å². The molecule has 0 bridgehead atoms. The molecule has 1 aliphatic rings. The number of fused-ring (bicyclic) bond motifs is 1. The number of ether oxygens (including phenoxy) is 1. The third-order valence-corrected chi connectivity index (χ3v) is 5.23. The minimum absolute atomic E-state index is 0.246. The van der Waals surface area contributed by atoms with Gasteiger partial charge in [0.25, 0.3) is 0 Å². The van der Waals surface area contributed by atoms with E-state index in [0.717, 1.165) is 43.1 Å². The number of benzene rings is 1. The molecular formula is C21H29F2N3O.